The third-order valence-corrected chi connectivity index (χ3v) is 19.0. The zero-order valence-electron chi connectivity index (χ0n) is 50.2. The number of carbonyl (C=O) groups excluding carboxylic acids is 13. The molecule has 6 atom stereocenters. The van der Waals surface area contributed by atoms with Crippen molar-refractivity contribution in [3.8, 4) is 0 Å². The minimum atomic E-state index is -1.13. The number of aliphatic carboxylic acids is 2. The van der Waals surface area contributed by atoms with Crippen molar-refractivity contribution in [2.24, 2.45) is 21.8 Å². The Morgan fingerprint density at radius 3 is 1.61 bits per heavy atom. The van der Waals surface area contributed by atoms with Gasteiger partial charge < -0.3 is 36.8 Å². The number of hydrogen-bond acceptors (Lipinski definition) is 23. The highest BCUT2D eigenvalue weighted by atomic mass is 32.2. The minimum Gasteiger partial charge on any atom is -0.480 e. The Morgan fingerprint density at radius 1 is 0.640 bits per heavy atom. The van der Waals surface area contributed by atoms with E-state index in [0.29, 0.717) is 93.5 Å². The van der Waals surface area contributed by atoms with Crippen molar-refractivity contribution in [3.63, 3.8) is 0 Å². The molecule has 30 heteroatoms. The van der Waals surface area contributed by atoms with Crippen LogP contribution in [0.2, 0.25) is 0 Å². The summed E-state index contributed by atoms with van der Waals surface area (Å²) in [7, 11) is 0. The van der Waals surface area contributed by atoms with Crippen molar-refractivity contribution in [2.75, 3.05) is 11.5 Å². The molecule has 2 fully saturated rings. The van der Waals surface area contributed by atoms with Crippen LogP contribution in [0.1, 0.15) is 166 Å². The standard InChI is InChI=1S/C30H38N4O9S2.C29H35N5O8S2/c1-16(10-24(39)21(11-17(2)35)31-18(3)36)4-5-20(38)13-26(41)34-30(8-9-30)25(40)12-19(37)6-7-27-32-22(14-44-27)28-33-23(15-45-28)29(42)43;1-14(8-22(38)18(9-15(2)35)31-16(3)36)4-5-21(37)25-17(29(6-7-29)34-26(25)40)10-23(39)30-11-24-32-19(12-43-24)27-33-20(13-44-27)28(41)42/h14,16,21,23H,4-13,15H2,1-3H3,(H,31,36)(H,34,41)(H,42,43);12,14,18,20H,4-11,13H2,1-3H3,(H,30,39)(H,31,36)(H,34,40)(H,41,42)/t16-,21+,23-;14-,18+,20?/m00/s1. The van der Waals surface area contributed by atoms with Gasteiger partial charge in [0.05, 0.1) is 59.5 Å². The van der Waals surface area contributed by atoms with Crippen molar-refractivity contribution in [1.82, 2.24) is 36.6 Å². The summed E-state index contributed by atoms with van der Waals surface area (Å²) in [4.78, 5) is 200. The summed E-state index contributed by atoms with van der Waals surface area (Å²) < 4.78 is 0. The monoisotopic (exact) mass is 1310 g/mol. The molecule has 7 rings (SSSR count). The number of hydrogen-bond donors (Lipinski definition) is 7. The van der Waals surface area contributed by atoms with Gasteiger partial charge in [-0.2, -0.15) is 0 Å². The van der Waals surface area contributed by atoms with Crippen LogP contribution < -0.4 is 26.6 Å². The summed E-state index contributed by atoms with van der Waals surface area (Å²) >= 11 is 5.28. The number of carboxylic acid groups (broad SMARTS) is 2. The normalized spacial score (nSPS) is 18.7. The smallest absolute Gasteiger partial charge is 0.329 e. The molecule has 7 N–H and O–H groups in total. The summed E-state index contributed by atoms with van der Waals surface area (Å²) in [5.74, 6) is -6.52. The molecule has 26 nitrogen and oxygen atoms in total. The first-order chi connectivity index (χ1) is 41.9. The largest absolute Gasteiger partial charge is 0.480 e. The second kappa shape index (κ2) is 31.9. The number of thioether (sulfide) groups is 2. The first-order valence-corrected chi connectivity index (χ1v) is 32.8. The van der Waals surface area contributed by atoms with Crippen LogP contribution in [0.25, 0.3) is 0 Å². The predicted molar refractivity (Wildman–Crippen MR) is 328 cm³/mol. The van der Waals surface area contributed by atoms with Crippen LogP contribution in [-0.2, 0) is 84.9 Å². The Kier molecular flexibility index (Phi) is 25.4. The van der Waals surface area contributed by atoms with E-state index in [0.717, 1.165) is 0 Å². The van der Waals surface area contributed by atoms with E-state index in [2.05, 4.69) is 46.5 Å². The predicted octanol–water partition coefficient (Wildman–Crippen LogP) is 3.50. The van der Waals surface area contributed by atoms with E-state index in [9.17, 15) is 71.9 Å². The number of nitrogens with zero attached hydrogens (tertiary/aromatic N) is 4. The number of thiazole rings is 2. The molecule has 1 unspecified atom stereocenters. The Hall–Kier alpha value is -7.31. The second-order valence-corrected chi connectivity index (χ2v) is 27.1. The average molecular weight is 1310 g/mol. The van der Waals surface area contributed by atoms with Gasteiger partial charge in [-0.15, -0.1) is 46.2 Å². The van der Waals surface area contributed by atoms with Crippen LogP contribution in [0.15, 0.2) is 31.9 Å². The lowest BCUT2D eigenvalue weighted by molar-refractivity contribution is -0.138. The van der Waals surface area contributed by atoms with Gasteiger partial charge in [-0.1, -0.05) is 13.8 Å². The SMILES string of the molecule is CC(=O)C[C@@H](NC(C)=O)C(=O)C[C@@H](C)CCC(=O)C1=C(CC(=O)NCc2nc(C3=NC(C(=O)O)CS3)cs2)C2(CC2)NC1=O.CC(=O)C[C@@H](NC(C)=O)C(=O)C[C@@H](C)CCC(=O)CC(=O)NC1(C(=O)CC(=O)CCc2nc(C3=N[C@H](C(=O)O)CS3)cs2)CC1. The van der Waals surface area contributed by atoms with E-state index in [1.807, 2.05) is 0 Å². The molecule has 89 heavy (non-hydrogen) atoms. The van der Waals surface area contributed by atoms with Gasteiger partial charge in [0, 0.05) is 87.5 Å². The van der Waals surface area contributed by atoms with Crippen LogP contribution in [0.5, 0.6) is 0 Å². The van der Waals surface area contributed by atoms with E-state index in [1.54, 1.807) is 24.6 Å². The van der Waals surface area contributed by atoms with Crippen molar-refractivity contribution in [3.05, 3.63) is 43.3 Å². The maximum Gasteiger partial charge on any atom is 0.329 e. The summed E-state index contributed by atoms with van der Waals surface area (Å²) in [5, 5.41) is 37.4. The van der Waals surface area contributed by atoms with Crippen LogP contribution in [0.4, 0.5) is 0 Å². The minimum absolute atomic E-state index is 0.00242. The number of rotatable bonds is 36. The topological polar surface area (TPSA) is 407 Å². The molecule has 5 aliphatic rings. The second-order valence-electron chi connectivity index (χ2n) is 23.1. The van der Waals surface area contributed by atoms with Gasteiger partial charge in [0.15, 0.2) is 35.2 Å². The van der Waals surface area contributed by atoms with Gasteiger partial charge in [0.25, 0.3) is 5.91 Å². The highest BCUT2D eigenvalue weighted by molar-refractivity contribution is 8.15. The van der Waals surface area contributed by atoms with Gasteiger partial charge in [-0.05, 0) is 69.8 Å². The molecule has 3 aliphatic heterocycles. The maximum absolute atomic E-state index is 13.3. The molecule has 5 amide bonds. The summed E-state index contributed by atoms with van der Waals surface area (Å²) in [6.07, 6.45) is 2.17. The fourth-order valence-electron chi connectivity index (χ4n) is 10.0. The molecule has 5 heterocycles. The number of Topliss-reactive ketones (excluding diaryl/α,β-unsaturated/α-hetero) is 8. The van der Waals surface area contributed by atoms with E-state index in [4.69, 9.17) is 10.2 Å². The quantitative estimate of drug-likeness (QED) is 0.0379. The number of carboxylic acids is 2. The Morgan fingerprint density at radius 2 is 1.13 bits per heavy atom. The number of aromatic nitrogens is 2. The van der Waals surface area contributed by atoms with Gasteiger partial charge in [-0.3, -0.25) is 72.3 Å². The molecular weight excluding hydrogens is 1230 g/mol. The molecule has 480 valence electrons. The number of amides is 5. The van der Waals surface area contributed by atoms with Crippen molar-refractivity contribution >= 4 is 144 Å². The maximum atomic E-state index is 13.3. The summed E-state index contributed by atoms with van der Waals surface area (Å²) in [6, 6.07) is -3.41. The first kappa shape index (κ1) is 70.8. The Labute approximate surface area is 529 Å². The number of aliphatic imine (C=N–C) groups is 2. The molecule has 0 aromatic carbocycles. The number of aryl methyl sites for hydroxylation is 1. The van der Waals surface area contributed by atoms with Gasteiger partial charge in [0.1, 0.15) is 49.6 Å². The van der Waals surface area contributed by atoms with Crippen molar-refractivity contribution < 1.29 is 82.1 Å². The molecular formula is C59H73N9O17S4. The lowest BCUT2D eigenvalue weighted by atomic mass is 9.90. The van der Waals surface area contributed by atoms with E-state index in [-0.39, 0.29) is 122 Å². The number of ketones is 8. The molecule has 0 radical (unpaired) electrons. The lowest BCUT2D eigenvalue weighted by Gasteiger charge is -2.18. The lowest BCUT2D eigenvalue weighted by Crippen LogP contribution is -2.44. The molecule has 2 aromatic heterocycles. The van der Waals surface area contributed by atoms with Crippen LogP contribution in [0.3, 0.4) is 0 Å². The van der Waals surface area contributed by atoms with E-state index >= 15 is 0 Å². The van der Waals surface area contributed by atoms with Crippen molar-refractivity contribution in [2.45, 2.75) is 192 Å². The highest BCUT2D eigenvalue weighted by Crippen LogP contribution is 2.49. The summed E-state index contributed by atoms with van der Waals surface area (Å²) in [5.41, 5.74) is -0.181. The molecule has 2 aliphatic carbocycles. The first-order valence-electron chi connectivity index (χ1n) is 29.0. The molecule has 1 spiro atoms. The van der Waals surface area contributed by atoms with E-state index in [1.165, 1.54) is 73.9 Å². The Balaban J connectivity index is 0.000000284. The van der Waals surface area contributed by atoms with Crippen molar-refractivity contribution in [1.29, 1.82) is 0 Å². The summed E-state index contributed by atoms with van der Waals surface area (Å²) in [6.45, 7) is 8.90. The Bertz CT molecular complexity index is 3250. The average Bonchev–Trinajstić information content (AvgIpc) is 1.58. The van der Waals surface area contributed by atoms with Gasteiger partial charge >= 0.3 is 11.9 Å². The van der Waals surface area contributed by atoms with E-state index < -0.39 is 88.8 Å². The molecule has 0 saturated heterocycles. The number of nitrogens with one attached hydrogen (secondary N) is 5. The van der Waals surface area contributed by atoms with Gasteiger partial charge in [0.2, 0.25) is 23.6 Å². The fourth-order valence-corrected chi connectivity index (χ4v) is 13.7. The third kappa shape index (κ3) is 21.4. The zero-order valence-corrected chi connectivity index (χ0v) is 53.5. The third-order valence-electron chi connectivity index (χ3n) is 15.1. The highest BCUT2D eigenvalue weighted by Gasteiger charge is 2.55. The van der Waals surface area contributed by atoms with Crippen LogP contribution >= 0.6 is 46.2 Å². The van der Waals surface area contributed by atoms with Crippen LogP contribution in [-0.4, -0.2) is 165 Å². The molecule has 2 aromatic rings. The number of carbonyl (C=O) groups is 15. The molecule has 2 saturated carbocycles. The van der Waals surface area contributed by atoms with Crippen LogP contribution in [0, 0.1) is 11.8 Å². The zero-order chi connectivity index (χ0) is 65.5. The molecule has 0 bridgehead atoms. The van der Waals surface area contributed by atoms with Gasteiger partial charge in [-0.25, -0.2) is 19.6 Å². The fraction of sp³-hybridized carbons (Fsp3) is 0.576.